The lowest BCUT2D eigenvalue weighted by molar-refractivity contribution is 0.186. The molecule has 1 aliphatic rings. The molecule has 1 aliphatic heterocycles. The van der Waals surface area contributed by atoms with Crippen LogP contribution in [0.3, 0.4) is 0 Å². The van der Waals surface area contributed by atoms with E-state index in [1.807, 2.05) is 18.3 Å². The first-order valence-electron chi connectivity index (χ1n) is 10.2. The SMILES string of the molecule is COCCn1c(C)cc([C@H]2[C@H](c3ccccn3)NC(=S)N2CCCN(C)C)c1C. The third-order valence-corrected chi connectivity index (χ3v) is 6.00. The number of methoxy groups -OCH3 is 1. The van der Waals surface area contributed by atoms with Crippen molar-refractivity contribution in [2.75, 3.05) is 40.9 Å². The zero-order valence-electron chi connectivity index (χ0n) is 18.2. The number of aromatic nitrogens is 2. The van der Waals surface area contributed by atoms with Crippen LogP contribution in [0.15, 0.2) is 30.5 Å². The van der Waals surface area contributed by atoms with Gasteiger partial charge in [0, 0.05) is 37.8 Å². The molecule has 2 atom stereocenters. The Balaban J connectivity index is 1.97. The number of hydrogen-bond donors (Lipinski definition) is 1. The predicted octanol–water partition coefficient (Wildman–Crippen LogP) is 3.07. The fraction of sp³-hybridized carbons (Fsp3) is 0.545. The summed E-state index contributed by atoms with van der Waals surface area (Å²) in [5, 5.41) is 4.36. The fourth-order valence-electron chi connectivity index (χ4n) is 4.20. The van der Waals surface area contributed by atoms with Gasteiger partial charge in [-0.25, -0.2) is 0 Å². The molecular weight excluding hydrogens is 382 g/mol. The standard InChI is InChI=1S/C22H33N5OS/c1-16-15-18(17(2)26(16)13-14-28-5)21-20(19-9-6-7-10-23-19)24-22(29)27(21)12-8-11-25(3)4/h6-7,9-10,15,20-21H,8,11-14H2,1-5H3,(H,24,29)/t20-,21-/m0/s1. The molecule has 2 aromatic rings. The molecule has 0 aromatic carbocycles. The Kier molecular flexibility index (Phi) is 7.27. The van der Waals surface area contributed by atoms with E-state index in [4.69, 9.17) is 17.0 Å². The summed E-state index contributed by atoms with van der Waals surface area (Å²) in [6.07, 6.45) is 2.91. The number of aryl methyl sites for hydroxylation is 1. The van der Waals surface area contributed by atoms with Gasteiger partial charge in [-0.15, -0.1) is 0 Å². The van der Waals surface area contributed by atoms with Crippen LogP contribution in [0.1, 0.15) is 41.1 Å². The second kappa shape index (κ2) is 9.69. The summed E-state index contributed by atoms with van der Waals surface area (Å²) in [5.74, 6) is 0. The van der Waals surface area contributed by atoms with E-state index >= 15 is 0 Å². The van der Waals surface area contributed by atoms with Gasteiger partial charge < -0.3 is 24.4 Å². The minimum absolute atomic E-state index is 0.0411. The number of pyridine rings is 1. The molecule has 3 heterocycles. The van der Waals surface area contributed by atoms with E-state index < -0.39 is 0 Å². The smallest absolute Gasteiger partial charge is 0.170 e. The van der Waals surface area contributed by atoms with E-state index in [-0.39, 0.29) is 12.1 Å². The zero-order valence-corrected chi connectivity index (χ0v) is 19.0. The molecular formula is C22H33N5OS. The summed E-state index contributed by atoms with van der Waals surface area (Å²) in [6.45, 7) is 7.87. The van der Waals surface area contributed by atoms with Crippen molar-refractivity contribution in [2.24, 2.45) is 0 Å². The largest absolute Gasteiger partial charge is 0.383 e. The fourth-order valence-corrected chi connectivity index (χ4v) is 4.53. The molecule has 0 bridgehead atoms. The first-order chi connectivity index (χ1) is 13.9. The Morgan fingerprint density at radius 2 is 2.03 bits per heavy atom. The molecule has 0 radical (unpaired) electrons. The van der Waals surface area contributed by atoms with Crippen LogP contribution in [0.5, 0.6) is 0 Å². The molecule has 0 saturated carbocycles. The lowest BCUT2D eigenvalue weighted by Crippen LogP contribution is -2.32. The molecule has 0 aliphatic carbocycles. The van der Waals surface area contributed by atoms with E-state index in [1.165, 1.54) is 17.0 Å². The summed E-state index contributed by atoms with van der Waals surface area (Å²) in [6, 6.07) is 8.56. The second-order valence-electron chi connectivity index (χ2n) is 7.95. The average molecular weight is 416 g/mol. The normalized spacial score (nSPS) is 19.2. The Labute approximate surface area is 179 Å². The molecule has 0 unspecified atom stereocenters. The van der Waals surface area contributed by atoms with Crippen LogP contribution in [0.25, 0.3) is 0 Å². The van der Waals surface area contributed by atoms with Gasteiger partial charge in [-0.05, 0) is 76.9 Å². The Hall–Kier alpha value is -1.96. The summed E-state index contributed by atoms with van der Waals surface area (Å²) in [5.41, 5.74) is 4.86. The summed E-state index contributed by atoms with van der Waals surface area (Å²) in [4.78, 5) is 9.20. The molecule has 7 heteroatoms. The lowest BCUT2D eigenvalue weighted by Gasteiger charge is -2.28. The molecule has 1 saturated heterocycles. The summed E-state index contributed by atoms with van der Waals surface area (Å²) < 4.78 is 7.66. The quantitative estimate of drug-likeness (QED) is 0.635. The van der Waals surface area contributed by atoms with Crippen LogP contribution in [0, 0.1) is 13.8 Å². The van der Waals surface area contributed by atoms with Gasteiger partial charge >= 0.3 is 0 Å². The molecule has 2 aromatic heterocycles. The van der Waals surface area contributed by atoms with Crippen LogP contribution in [-0.4, -0.2) is 65.4 Å². The van der Waals surface area contributed by atoms with Gasteiger partial charge in [0.15, 0.2) is 5.11 Å². The Morgan fingerprint density at radius 1 is 1.24 bits per heavy atom. The molecule has 3 rings (SSSR count). The number of hydrogen-bond acceptors (Lipinski definition) is 4. The van der Waals surface area contributed by atoms with E-state index in [9.17, 15) is 0 Å². The van der Waals surface area contributed by atoms with Crippen molar-refractivity contribution in [3.8, 4) is 0 Å². The average Bonchev–Trinajstić information content (AvgIpc) is 3.16. The van der Waals surface area contributed by atoms with Crippen LogP contribution in [0.2, 0.25) is 0 Å². The van der Waals surface area contributed by atoms with Gasteiger partial charge in [0.25, 0.3) is 0 Å². The third-order valence-electron chi connectivity index (χ3n) is 5.65. The van der Waals surface area contributed by atoms with Gasteiger partial charge in [0.05, 0.1) is 24.4 Å². The van der Waals surface area contributed by atoms with Crippen LogP contribution < -0.4 is 5.32 Å². The maximum atomic E-state index is 5.77. The van der Waals surface area contributed by atoms with Crippen molar-refractivity contribution < 1.29 is 4.74 Å². The molecule has 1 fully saturated rings. The minimum Gasteiger partial charge on any atom is -0.383 e. The van der Waals surface area contributed by atoms with Crippen LogP contribution in [-0.2, 0) is 11.3 Å². The molecule has 0 amide bonds. The van der Waals surface area contributed by atoms with Gasteiger partial charge in [-0.1, -0.05) is 6.07 Å². The second-order valence-corrected chi connectivity index (χ2v) is 8.33. The highest BCUT2D eigenvalue weighted by molar-refractivity contribution is 7.80. The van der Waals surface area contributed by atoms with E-state index in [0.29, 0.717) is 6.61 Å². The van der Waals surface area contributed by atoms with Gasteiger partial charge in [-0.2, -0.15) is 0 Å². The molecule has 158 valence electrons. The number of thiocarbonyl (C=S) groups is 1. The van der Waals surface area contributed by atoms with Crippen LogP contribution in [0.4, 0.5) is 0 Å². The molecule has 6 nitrogen and oxygen atoms in total. The number of nitrogens with one attached hydrogen (secondary N) is 1. The van der Waals surface area contributed by atoms with Gasteiger partial charge in [0.1, 0.15) is 0 Å². The lowest BCUT2D eigenvalue weighted by atomic mass is 9.96. The maximum Gasteiger partial charge on any atom is 0.170 e. The topological polar surface area (TPSA) is 45.6 Å². The highest BCUT2D eigenvalue weighted by atomic mass is 32.1. The predicted molar refractivity (Wildman–Crippen MR) is 121 cm³/mol. The molecule has 0 spiro atoms. The molecule has 1 N–H and O–H groups in total. The van der Waals surface area contributed by atoms with Gasteiger partial charge in [-0.3, -0.25) is 4.98 Å². The van der Waals surface area contributed by atoms with Crippen molar-refractivity contribution in [1.82, 2.24) is 24.7 Å². The van der Waals surface area contributed by atoms with Crippen molar-refractivity contribution in [1.29, 1.82) is 0 Å². The highest BCUT2D eigenvalue weighted by Gasteiger charge is 2.40. The van der Waals surface area contributed by atoms with Crippen molar-refractivity contribution in [3.05, 3.63) is 53.1 Å². The maximum absolute atomic E-state index is 5.77. The van der Waals surface area contributed by atoms with E-state index in [1.54, 1.807) is 7.11 Å². The highest BCUT2D eigenvalue weighted by Crippen LogP contribution is 2.40. The third kappa shape index (κ3) is 4.79. The Morgan fingerprint density at radius 3 is 2.69 bits per heavy atom. The Bertz CT molecular complexity index is 820. The van der Waals surface area contributed by atoms with E-state index in [0.717, 1.165) is 36.9 Å². The summed E-state index contributed by atoms with van der Waals surface area (Å²) in [7, 11) is 5.97. The minimum atomic E-state index is 0.0411. The van der Waals surface area contributed by atoms with Crippen molar-refractivity contribution in [2.45, 2.75) is 38.9 Å². The number of ether oxygens (including phenoxy) is 1. The first kappa shape index (κ1) is 21.7. The molecule has 29 heavy (non-hydrogen) atoms. The van der Waals surface area contributed by atoms with Crippen LogP contribution >= 0.6 is 12.2 Å². The first-order valence-corrected chi connectivity index (χ1v) is 10.6. The van der Waals surface area contributed by atoms with E-state index in [2.05, 4.69) is 64.7 Å². The van der Waals surface area contributed by atoms with Gasteiger partial charge in [0.2, 0.25) is 0 Å². The van der Waals surface area contributed by atoms with Crippen molar-refractivity contribution in [3.63, 3.8) is 0 Å². The van der Waals surface area contributed by atoms with Crippen molar-refractivity contribution >= 4 is 17.3 Å². The number of nitrogens with zero attached hydrogens (tertiary/aromatic N) is 4. The number of rotatable bonds is 9. The zero-order chi connectivity index (χ0) is 21.0. The monoisotopic (exact) mass is 415 g/mol. The summed E-state index contributed by atoms with van der Waals surface area (Å²) >= 11 is 5.77.